The third-order valence-corrected chi connectivity index (χ3v) is 4.18. The van der Waals surface area contributed by atoms with Crippen LogP contribution in [0.3, 0.4) is 0 Å². The van der Waals surface area contributed by atoms with Crippen LogP contribution in [0, 0.1) is 0 Å². The zero-order chi connectivity index (χ0) is 13.2. The van der Waals surface area contributed by atoms with Crippen molar-refractivity contribution < 1.29 is 8.42 Å². The lowest BCUT2D eigenvalue weighted by Gasteiger charge is -2.05. The maximum Gasteiger partial charge on any atom is 0.198 e. The zero-order valence-electron chi connectivity index (χ0n) is 9.94. The largest absolute Gasteiger partial charge is 0.396 e. The van der Waals surface area contributed by atoms with E-state index >= 15 is 0 Å². The minimum atomic E-state index is -3.45. The summed E-state index contributed by atoms with van der Waals surface area (Å²) in [7, 11) is -1.67. The van der Waals surface area contributed by atoms with E-state index < -0.39 is 9.84 Å². The monoisotopic (exact) mass is 266 g/mol. The number of aryl methyl sites for hydroxylation is 2. The van der Waals surface area contributed by atoms with Crippen molar-refractivity contribution in [3.05, 3.63) is 36.3 Å². The van der Waals surface area contributed by atoms with E-state index in [1.54, 1.807) is 30.2 Å². The number of aromatic nitrogens is 3. The lowest BCUT2D eigenvalue weighted by atomic mass is 10.3. The molecular formula is C11H14N4O2S. The van der Waals surface area contributed by atoms with E-state index in [2.05, 4.69) is 10.1 Å². The number of hydrogen-bond donors (Lipinski definition) is 1. The molecule has 2 aromatic heterocycles. The van der Waals surface area contributed by atoms with Gasteiger partial charge in [0, 0.05) is 19.4 Å². The van der Waals surface area contributed by atoms with Gasteiger partial charge >= 0.3 is 0 Å². The van der Waals surface area contributed by atoms with Crippen LogP contribution < -0.4 is 5.73 Å². The van der Waals surface area contributed by atoms with Crippen LogP contribution in [0.15, 0.2) is 35.7 Å². The van der Waals surface area contributed by atoms with Gasteiger partial charge in [-0.05, 0) is 24.1 Å². The van der Waals surface area contributed by atoms with E-state index in [1.165, 1.54) is 12.3 Å². The summed E-state index contributed by atoms with van der Waals surface area (Å²) in [6.45, 7) is 0. The van der Waals surface area contributed by atoms with Crippen molar-refractivity contribution in [3.8, 4) is 0 Å². The molecule has 0 amide bonds. The van der Waals surface area contributed by atoms with Crippen LogP contribution in [-0.2, 0) is 23.3 Å². The molecule has 2 heterocycles. The summed E-state index contributed by atoms with van der Waals surface area (Å²) in [4.78, 5) is 3.83. The maximum atomic E-state index is 12.1. The molecule has 0 bridgehead atoms. The van der Waals surface area contributed by atoms with Crippen molar-refractivity contribution in [1.29, 1.82) is 0 Å². The van der Waals surface area contributed by atoms with E-state index in [-0.39, 0.29) is 16.5 Å². The third-order valence-electron chi connectivity index (χ3n) is 2.51. The zero-order valence-corrected chi connectivity index (χ0v) is 10.8. The van der Waals surface area contributed by atoms with Gasteiger partial charge in [-0.15, -0.1) is 0 Å². The molecule has 0 unspecified atom stereocenters. The Bertz CT molecular complexity index is 649. The van der Waals surface area contributed by atoms with Crippen LogP contribution in [0.25, 0.3) is 0 Å². The second-order valence-corrected chi connectivity index (χ2v) is 6.01. The molecule has 0 fully saturated rings. The molecule has 18 heavy (non-hydrogen) atoms. The molecule has 0 aliphatic heterocycles. The molecule has 0 saturated heterocycles. The highest BCUT2D eigenvalue weighted by Gasteiger charge is 2.19. The molecule has 0 spiro atoms. The number of rotatable bonds is 4. The summed E-state index contributed by atoms with van der Waals surface area (Å²) in [5.41, 5.74) is 6.68. The fraction of sp³-hybridized carbons (Fsp3) is 0.273. The highest BCUT2D eigenvalue weighted by molar-refractivity contribution is 7.91. The van der Waals surface area contributed by atoms with Gasteiger partial charge in [0.25, 0.3) is 0 Å². The van der Waals surface area contributed by atoms with Gasteiger partial charge in [-0.2, -0.15) is 5.10 Å². The number of nitrogens with zero attached hydrogens (tertiary/aromatic N) is 3. The summed E-state index contributed by atoms with van der Waals surface area (Å²) in [6.07, 6.45) is 5.26. The minimum absolute atomic E-state index is 0.0279. The molecule has 2 N–H and O–H groups in total. The predicted octanol–water partition coefficient (Wildman–Crippen LogP) is 0.414. The Labute approximate surface area is 105 Å². The Morgan fingerprint density at radius 3 is 2.83 bits per heavy atom. The fourth-order valence-electron chi connectivity index (χ4n) is 1.61. The van der Waals surface area contributed by atoms with Crippen LogP contribution in [0.1, 0.15) is 5.56 Å². The third kappa shape index (κ3) is 2.67. The highest BCUT2D eigenvalue weighted by atomic mass is 32.2. The first-order chi connectivity index (χ1) is 8.49. The number of nitrogens with two attached hydrogens (primary N) is 1. The molecule has 2 aromatic rings. The Balaban J connectivity index is 2.16. The van der Waals surface area contributed by atoms with Gasteiger partial charge < -0.3 is 5.73 Å². The van der Waals surface area contributed by atoms with Gasteiger partial charge in [0.2, 0.25) is 0 Å². The molecular weight excluding hydrogens is 252 g/mol. The van der Waals surface area contributed by atoms with Gasteiger partial charge in [-0.3, -0.25) is 4.68 Å². The first-order valence-corrected chi connectivity index (χ1v) is 7.05. The quantitative estimate of drug-likeness (QED) is 0.865. The van der Waals surface area contributed by atoms with Crippen molar-refractivity contribution in [2.75, 3.05) is 11.5 Å². The van der Waals surface area contributed by atoms with Crippen LogP contribution in [0.4, 0.5) is 5.69 Å². The molecule has 0 aliphatic carbocycles. The van der Waals surface area contributed by atoms with Crippen LogP contribution in [0.5, 0.6) is 0 Å². The molecule has 0 aromatic carbocycles. The number of anilines is 1. The molecule has 7 heteroatoms. The van der Waals surface area contributed by atoms with Crippen LogP contribution in [0.2, 0.25) is 0 Å². The first kappa shape index (κ1) is 12.6. The first-order valence-electron chi connectivity index (χ1n) is 5.40. The van der Waals surface area contributed by atoms with E-state index in [1.807, 2.05) is 0 Å². The summed E-state index contributed by atoms with van der Waals surface area (Å²) in [6, 6.07) is 3.14. The van der Waals surface area contributed by atoms with E-state index in [4.69, 9.17) is 5.73 Å². The smallest absolute Gasteiger partial charge is 0.198 e. The molecule has 0 saturated carbocycles. The molecule has 2 rings (SSSR count). The number of sulfone groups is 1. The predicted molar refractivity (Wildman–Crippen MR) is 67.6 cm³/mol. The standard InChI is InChI=1S/C11H14N4O2S/c1-15-8-9(7-14-15)4-6-18(16,17)11-10(12)3-2-5-13-11/h2-3,5,7-8H,4,6,12H2,1H3. The average molecular weight is 266 g/mol. The van der Waals surface area contributed by atoms with Gasteiger partial charge in [0.05, 0.1) is 17.6 Å². The lowest BCUT2D eigenvalue weighted by molar-refractivity contribution is 0.592. The maximum absolute atomic E-state index is 12.1. The van der Waals surface area contributed by atoms with Gasteiger partial charge in [0.15, 0.2) is 14.9 Å². The van der Waals surface area contributed by atoms with E-state index in [0.29, 0.717) is 6.42 Å². The topological polar surface area (TPSA) is 90.9 Å². The Kier molecular flexibility index (Phi) is 3.33. The molecule has 6 nitrogen and oxygen atoms in total. The minimum Gasteiger partial charge on any atom is -0.396 e. The normalized spacial score (nSPS) is 11.6. The molecule has 0 radical (unpaired) electrons. The van der Waals surface area contributed by atoms with Crippen molar-refractivity contribution in [3.63, 3.8) is 0 Å². The second kappa shape index (κ2) is 4.77. The van der Waals surface area contributed by atoms with Crippen LogP contribution in [-0.4, -0.2) is 28.9 Å². The van der Waals surface area contributed by atoms with E-state index in [0.717, 1.165) is 5.56 Å². The summed E-state index contributed by atoms with van der Waals surface area (Å²) in [5, 5.41) is 3.94. The van der Waals surface area contributed by atoms with E-state index in [9.17, 15) is 8.42 Å². The lowest BCUT2D eigenvalue weighted by Crippen LogP contribution is -2.13. The Morgan fingerprint density at radius 1 is 1.44 bits per heavy atom. The highest BCUT2D eigenvalue weighted by Crippen LogP contribution is 2.16. The number of nitrogen functional groups attached to an aromatic ring is 1. The fourth-order valence-corrected chi connectivity index (χ4v) is 2.96. The second-order valence-electron chi connectivity index (χ2n) is 3.99. The van der Waals surface area contributed by atoms with Gasteiger partial charge in [0.1, 0.15) is 0 Å². The average Bonchev–Trinajstić information content (AvgIpc) is 2.73. The van der Waals surface area contributed by atoms with Crippen molar-refractivity contribution in [1.82, 2.24) is 14.8 Å². The Hall–Kier alpha value is -1.89. The van der Waals surface area contributed by atoms with Crippen molar-refractivity contribution in [2.45, 2.75) is 11.4 Å². The van der Waals surface area contributed by atoms with Crippen molar-refractivity contribution >= 4 is 15.5 Å². The summed E-state index contributed by atoms with van der Waals surface area (Å²) in [5.74, 6) is -0.0279. The molecule has 0 aliphatic rings. The number of hydrogen-bond acceptors (Lipinski definition) is 5. The Morgan fingerprint density at radius 2 is 2.22 bits per heavy atom. The summed E-state index contributed by atoms with van der Waals surface area (Å²) >= 11 is 0. The number of pyridine rings is 1. The van der Waals surface area contributed by atoms with Gasteiger partial charge in [-0.25, -0.2) is 13.4 Å². The molecule has 96 valence electrons. The molecule has 0 atom stereocenters. The van der Waals surface area contributed by atoms with Crippen LogP contribution >= 0.6 is 0 Å². The van der Waals surface area contributed by atoms with Crippen molar-refractivity contribution in [2.24, 2.45) is 7.05 Å². The SMILES string of the molecule is Cn1cc(CCS(=O)(=O)c2ncccc2N)cn1. The summed E-state index contributed by atoms with van der Waals surface area (Å²) < 4.78 is 25.8. The van der Waals surface area contributed by atoms with Gasteiger partial charge in [-0.1, -0.05) is 0 Å².